The van der Waals surface area contributed by atoms with Gasteiger partial charge in [0.15, 0.2) is 0 Å². The molecule has 0 aliphatic carbocycles. The maximum atomic E-state index is 13.3. The first kappa shape index (κ1) is 15.6. The van der Waals surface area contributed by atoms with E-state index < -0.39 is 5.41 Å². The number of benzene rings is 1. The molecule has 26 heavy (non-hydrogen) atoms. The molecule has 7 nitrogen and oxygen atoms in total. The molecule has 7 heteroatoms. The van der Waals surface area contributed by atoms with Gasteiger partial charge in [0.05, 0.1) is 24.2 Å². The summed E-state index contributed by atoms with van der Waals surface area (Å²) >= 11 is 0. The highest BCUT2D eigenvalue weighted by molar-refractivity contribution is 6.07. The summed E-state index contributed by atoms with van der Waals surface area (Å²) in [5.74, 6) is 1.89. The number of ether oxygens (including phenoxy) is 1. The van der Waals surface area contributed by atoms with Crippen LogP contribution in [0.1, 0.15) is 27.9 Å². The van der Waals surface area contributed by atoms with Gasteiger partial charge in [0, 0.05) is 31.3 Å². The van der Waals surface area contributed by atoms with Gasteiger partial charge in [-0.2, -0.15) is 0 Å². The van der Waals surface area contributed by atoms with E-state index >= 15 is 0 Å². The third-order valence-electron chi connectivity index (χ3n) is 5.60. The molecule has 2 fully saturated rings. The van der Waals surface area contributed by atoms with Crippen LogP contribution in [0.25, 0.3) is 11.0 Å². The van der Waals surface area contributed by atoms with Gasteiger partial charge in [0.25, 0.3) is 5.91 Å². The van der Waals surface area contributed by atoms with Crippen LogP contribution < -0.4 is 0 Å². The molecule has 2 atom stereocenters. The van der Waals surface area contributed by atoms with Crippen molar-refractivity contribution in [3.63, 3.8) is 0 Å². The van der Waals surface area contributed by atoms with Crippen molar-refractivity contribution in [1.29, 1.82) is 0 Å². The normalized spacial score (nSPS) is 25.2. The fourth-order valence-electron chi connectivity index (χ4n) is 4.28. The number of carbonyl (C=O) groups is 1. The molecule has 1 amide bonds. The molecule has 0 radical (unpaired) electrons. The van der Waals surface area contributed by atoms with Crippen LogP contribution in [-0.4, -0.2) is 47.3 Å². The number of hydrogen-bond donors (Lipinski definition) is 0. The fourth-order valence-corrected chi connectivity index (χ4v) is 4.28. The van der Waals surface area contributed by atoms with Gasteiger partial charge in [0.2, 0.25) is 11.8 Å². The molecule has 0 spiro atoms. The van der Waals surface area contributed by atoms with E-state index in [0.717, 1.165) is 11.0 Å². The van der Waals surface area contributed by atoms with Crippen molar-refractivity contribution < 1.29 is 18.4 Å². The SMILES string of the molecule is Cc1nnc([C@@]23COC[C@@H]2CN(C(=O)c2c(C)oc4ccccc24)C3)o1. The Labute approximate surface area is 149 Å². The van der Waals surface area contributed by atoms with Crippen molar-refractivity contribution >= 4 is 16.9 Å². The van der Waals surface area contributed by atoms with Gasteiger partial charge in [0.1, 0.15) is 11.3 Å². The lowest BCUT2D eigenvalue weighted by atomic mass is 9.81. The molecule has 3 aromatic rings. The molecular weight excluding hydrogens is 334 g/mol. The number of aryl methyl sites for hydroxylation is 2. The summed E-state index contributed by atoms with van der Waals surface area (Å²) in [6, 6.07) is 7.64. The minimum absolute atomic E-state index is 0.0162. The van der Waals surface area contributed by atoms with Gasteiger partial charge < -0.3 is 18.5 Å². The fraction of sp³-hybridized carbons (Fsp3) is 0.421. The molecule has 1 aromatic carbocycles. The van der Waals surface area contributed by atoms with E-state index in [-0.39, 0.29) is 11.8 Å². The number of furan rings is 1. The van der Waals surface area contributed by atoms with Crippen molar-refractivity contribution in [2.24, 2.45) is 5.92 Å². The Morgan fingerprint density at radius 2 is 2.08 bits per heavy atom. The molecule has 0 unspecified atom stereocenters. The zero-order valence-corrected chi connectivity index (χ0v) is 14.7. The van der Waals surface area contributed by atoms with E-state index in [0.29, 0.717) is 49.4 Å². The maximum absolute atomic E-state index is 13.3. The first-order valence-electron chi connectivity index (χ1n) is 8.74. The van der Waals surface area contributed by atoms with Crippen LogP contribution in [0, 0.1) is 19.8 Å². The number of amides is 1. The van der Waals surface area contributed by atoms with Crippen LogP contribution in [0.2, 0.25) is 0 Å². The van der Waals surface area contributed by atoms with Crippen LogP contribution >= 0.6 is 0 Å². The zero-order valence-electron chi connectivity index (χ0n) is 14.7. The van der Waals surface area contributed by atoms with Gasteiger partial charge in [-0.05, 0) is 13.0 Å². The summed E-state index contributed by atoms with van der Waals surface area (Å²) < 4.78 is 17.2. The molecule has 2 aliphatic rings. The van der Waals surface area contributed by atoms with Gasteiger partial charge in [-0.3, -0.25) is 4.79 Å². The number of likely N-dealkylation sites (tertiary alicyclic amines) is 1. The summed E-state index contributed by atoms with van der Waals surface area (Å²) in [4.78, 5) is 15.2. The Morgan fingerprint density at radius 1 is 1.23 bits per heavy atom. The van der Waals surface area contributed by atoms with Crippen LogP contribution in [0.15, 0.2) is 33.1 Å². The summed E-state index contributed by atoms with van der Waals surface area (Å²) in [6.07, 6.45) is 0. The van der Waals surface area contributed by atoms with E-state index in [1.807, 2.05) is 36.1 Å². The lowest BCUT2D eigenvalue weighted by molar-refractivity contribution is 0.0738. The summed E-state index contributed by atoms with van der Waals surface area (Å²) in [7, 11) is 0. The summed E-state index contributed by atoms with van der Waals surface area (Å²) in [6.45, 7) is 5.82. The number of aromatic nitrogens is 2. The van der Waals surface area contributed by atoms with Crippen molar-refractivity contribution in [2.75, 3.05) is 26.3 Å². The first-order chi connectivity index (χ1) is 12.6. The van der Waals surface area contributed by atoms with Crippen molar-refractivity contribution in [2.45, 2.75) is 19.3 Å². The Morgan fingerprint density at radius 3 is 2.88 bits per heavy atom. The molecule has 2 aromatic heterocycles. The Bertz CT molecular complexity index is 1010. The van der Waals surface area contributed by atoms with Crippen molar-refractivity contribution in [1.82, 2.24) is 15.1 Å². The second-order valence-electron chi connectivity index (χ2n) is 7.21. The maximum Gasteiger partial charge on any atom is 0.258 e. The molecule has 5 rings (SSSR count). The number of fused-ring (bicyclic) bond motifs is 2. The van der Waals surface area contributed by atoms with Crippen molar-refractivity contribution in [3.8, 4) is 0 Å². The topological polar surface area (TPSA) is 81.6 Å². The van der Waals surface area contributed by atoms with E-state index in [4.69, 9.17) is 13.6 Å². The minimum Gasteiger partial charge on any atom is -0.461 e. The molecule has 0 saturated carbocycles. The Balaban J connectivity index is 1.52. The standard InChI is InChI=1S/C19H19N3O4/c1-11-16(14-5-3-4-6-15(14)25-11)17(23)22-7-13-8-24-10-19(13,9-22)18-21-20-12(2)26-18/h3-6,13H,7-10H2,1-2H3/t13-,19-/m0/s1. The minimum atomic E-state index is -0.412. The predicted octanol–water partition coefficient (Wildman–Crippen LogP) is 2.47. The van der Waals surface area contributed by atoms with E-state index in [2.05, 4.69) is 10.2 Å². The van der Waals surface area contributed by atoms with Gasteiger partial charge in [-0.1, -0.05) is 18.2 Å². The largest absolute Gasteiger partial charge is 0.461 e. The first-order valence-corrected chi connectivity index (χ1v) is 8.74. The lowest BCUT2D eigenvalue weighted by Crippen LogP contribution is -2.37. The van der Waals surface area contributed by atoms with Gasteiger partial charge in [-0.25, -0.2) is 0 Å². The van der Waals surface area contributed by atoms with Crippen LogP contribution in [0.3, 0.4) is 0 Å². The molecule has 2 saturated heterocycles. The molecule has 134 valence electrons. The molecule has 2 aliphatic heterocycles. The Hall–Kier alpha value is -2.67. The zero-order chi connectivity index (χ0) is 17.9. The smallest absolute Gasteiger partial charge is 0.258 e. The van der Waals surface area contributed by atoms with E-state index in [1.165, 1.54) is 0 Å². The third kappa shape index (κ3) is 2.07. The van der Waals surface area contributed by atoms with Crippen LogP contribution in [0.4, 0.5) is 0 Å². The van der Waals surface area contributed by atoms with E-state index in [9.17, 15) is 4.79 Å². The number of hydrogen-bond acceptors (Lipinski definition) is 6. The predicted molar refractivity (Wildman–Crippen MR) is 91.9 cm³/mol. The number of nitrogens with zero attached hydrogens (tertiary/aromatic N) is 3. The Kier molecular flexibility index (Phi) is 3.24. The van der Waals surface area contributed by atoms with Crippen molar-refractivity contribution in [3.05, 3.63) is 47.4 Å². The monoisotopic (exact) mass is 353 g/mol. The number of rotatable bonds is 2. The highest BCUT2D eigenvalue weighted by atomic mass is 16.5. The summed E-state index contributed by atoms with van der Waals surface area (Å²) in [5, 5.41) is 9.06. The highest BCUT2D eigenvalue weighted by Crippen LogP contribution is 2.44. The highest BCUT2D eigenvalue weighted by Gasteiger charge is 2.56. The molecule has 0 bridgehead atoms. The second-order valence-corrected chi connectivity index (χ2v) is 7.21. The molecule has 0 N–H and O–H groups in total. The number of para-hydroxylation sites is 1. The third-order valence-corrected chi connectivity index (χ3v) is 5.60. The average molecular weight is 353 g/mol. The number of carbonyl (C=O) groups excluding carboxylic acids is 1. The molecular formula is C19H19N3O4. The van der Waals surface area contributed by atoms with Gasteiger partial charge >= 0.3 is 0 Å². The van der Waals surface area contributed by atoms with Crippen LogP contribution in [-0.2, 0) is 10.2 Å². The molecule has 4 heterocycles. The lowest BCUT2D eigenvalue weighted by Gasteiger charge is -2.22. The second kappa shape index (κ2) is 5.41. The van der Waals surface area contributed by atoms with Crippen LogP contribution in [0.5, 0.6) is 0 Å². The van der Waals surface area contributed by atoms with Gasteiger partial charge in [-0.15, -0.1) is 10.2 Å². The summed E-state index contributed by atoms with van der Waals surface area (Å²) in [5.41, 5.74) is 0.960. The van der Waals surface area contributed by atoms with E-state index in [1.54, 1.807) is 6.92 Å². The quantitative estimate of drug-likeness (QED) is 0.704. The average Bonchev–Trinajstić information content (AvgIpc) is 3.34.